The molecule has 0 N–H and O–H groups in total. The Hall–Kier alpha value is -2.07. The van der Waals surface area contributed by atoms with Crippen LogP contribution in [0.15, 0.2) is 65.5 Å². The summed E-state index contributed by atoms with van der Waals surface area (Å²) in [5, 5.41) is 0. The lowest BCUT2D eigenvalue weighted by Crippen LogP contribution is -2.07. The number of hydrogen-bond acceptors (Lipinski definition) is 2. The molecule has 0 unspecified atom stereocenters. The summed E-state index contributed by atoms with van der Waals surface area (Å²) in [5.41, 5.74) is 3.43. The molecule has 0 spiro atoms. The SMILES string of the molecule is COc1ccc(-c2c(Br)ncn2[C@@H](C)c2ccccc2)cc1. The Labute approximate surface area is 138 Å². The van der Waals surface area contributed by atoms with Crippen LogP contribution in [-0.2, 0) is 0 Å². The quantitative estimate of drug-likeness (QED) is 0.662. The molecule has 1 aromatic heterocycles. The van der Waals surface area contributed by atoms with E-state index in [1.807, 2.05) is 24.5 Å². The number of rotatable bonds is 4. The minimum absolute atomic E-state index is 0.206. The molecule has 0 aliphatic carbocycles. The van der Waals surface area contributed by atoms with Crippen LogP contribution in [0.5, 0.6) is 5.75 Å². The van der Waals surface area contributed by atoms with Gasteiger partial charge in [0.2, 0.25) is 0 Å². The zero-order chi connectivity index (χ0) is 15.5. The molecular formula is C18H17BrN2O. The smallest absolute Gasteiger partial charge is 0.132 e. The van der Waals surface area contributed by atoms with E-state index >= 15 is 0 Å². The second-order valence-electron chi connectivity index (χ2n) is 5.11. The van der Waals surface area contributed by atoms with Crippen LogP contribution in [0.25, 0.3) is 11.3 Å². The Bertz CT molecular complexity index is 751. The molecule has 0 fully saturated rings. The van der Waals surface area contributed by atoms with Gasteiger partial charge < -0.3 is 9.30 Å². The summed E-state index contributed by atoms with van der Waals surface area (Å²) in [4.78, 5) is 4.43. The predicted octanol–water partition coefficient (Wildman–Crippen LogP) is 4.93. The lowest BCUT2D eigenvalue weighted by atomic mass is 10.1. The highest BCUT2D eigenvalue weighted by atomic mass is 79.9. The average molecular weight is 357 g/mol. The molecule has 3 nitrogen and oxygen atoms in total. The van der Waals surface area contributed by atoms with Gasteiger partial charge in [0, 0.05) is 5.56 Å². The molecule has 0 saturated carbocycles. The lowest BCUT2D eigenvalue weighted by Gasteiger charge is -2.17. The van der Waals surface area contributed by atoms with Gasteiger partial charge in [-0.3, -0.25) is 0 Å². The molecular weight excluding hydrogens is 340 g/mol. The van der Waals surface area contributed by atoms with E-state index in [-0.39, 0.29) is 6.04 Å². The average Bonchev–Trinajstić information content (AvgIpc) is 2.96. The Kier molecular flexibility index (Phi) is 4.29. The topological polar surface area (TPSA) is 27.1 Å². The highest BCUT2D eigenvalue weighted by Crippen LogP contribution is 2.32. The summed E-state index contributed by atoms with van der Waals surface area (Å²) in [7, 11) is 1.67. The summed E-state index contributed by atoms with van der Waals surface area (Å²) >= 11 is 3.57. The second kappa shape index (κ2) is 6.36. The first kappa shape index (κ1) is 14.9. The van der Waals surface area contributed by atoms with Crippen LogP contribution in [0.3, 0.4) is 0 Å². The maximum absolute atomic E-state index is 5.23. The van der Waals surface area contributed by atoms with Crippen molar-refractivity contribution >= 4 is 15.9 Å². The summed E-state index contributed by atoms with van der Waals surface area (Å²) in [5.74, 6) is 0.849. The first-order valence-electron chi connectivity index (χ1n) is 7.12. The van der Waals surface area contributed by atoms with Gasteiger partial charge in [0.25, 0.3) is 0 Å². The van der Waals surface area contributed by atoms with E-state index in [1.54, 1.807) is 7.11 Å². The van der Waals surface area contributed by atoms with E-state index in [1.165, 1.54) is 5.56 Å². The van der Waals surface area contributed by atoms with Gasteiger partial charge in [0.1, 0.15) is 10.4 Å². The van der Waals surface area contributed by atoms with Crippen molar-refractivity contribution in [3.05, 3.63) is 71.1 Å². The number of imidazole rings is 1. The number of halogens is 1. The van der Waals surface area contributed by atoms with Gasteiger partial charge in [-0.25, -0.2) is 4.98 Å². The number of hydrogen-bond donors (Lipinski definition) is 0. The molecule has 112 valence electrons. The van der Waals surface area contributed by atoms with Crippen LogP contribution in [-0.4, -0.2) is 16.7 Å². The summed E-state index contributed by atoms with van der Waals surface area (Å²) < 4.78 is 8.26. The third-order valence-electron chi connectivity index (χ3n) is 3.81. The van der Waals surface area contributed by atoms with Crippen molar-refractivity contribution in [2.24, 2.45) is 0 Å². The first-order chi connectivity index (χ1) is 10.7. The maximum Gasteiger partial charge on any atom is 0.132 e. The summed E-state index contributed by atoms with van der Waals surface area (Å²) in [6, 6.07) is 18.7. The van der Waals surface area contributed by atoms with E-state index in [9.17, 15) is 0 Å². The van der Waals surface area contributed by atoms with Gasteiger partial charge >= 0.3 is 0 Å². The molecule has 4 heteroatoms. The second-order valence-corrected chi connectivity index (χ2v) is 5.86. The molecule has 0 aliphatic rings. The summed E-state index contributed by atoms with van der Waals surface area (Å²) in [6.45, 7) is 2.18. The molecule has 2 aromatic carbocycles. The van der Waals surface area contributed by atoms with Crippen molar-refractivity contribution in [2.75, 3.05) is 7.11 Å². The molecule has 22 heavy (non-hydrogen) atoms. The van der Waals surface area contributed by atoms with Crippen molar-refractivity contribution in [3.63, 3.8) is 0 Å². The van der Waals surface area contributed by atoms with E-state index in [4.69, 9.17) is 4.74 Å². The largest absolute Gasteiger partial charge is 0.497 e. The van der Waals surface area contributed by atoms with Crippen molar-refractivity contribution in [1.82, 2.24) is 9.55 Å². The molecule has 1 heterocycles. The zero-order valence-electron chi connectivity index (χ0n) is 12.5. The predicted molar refractivity (Wildman–Crippen MR) is 92.2 cm³/mol. The fourth-order valence-electron chi connectivity index (χ4n) is 2.54. The molecule has 0 bridgehead atoms. The third-order valence-corrected chi connectivity index (χ3v) is 4.39. The molecule has 0 amide bonds. The Morgan fingerprint density at radius 2 is 1.73 bits per heavy atom. The molecule has 3 rings (SSSR count). The van der Waals surface area contributed by atoms with Gasteiger partial charge in [-0.05, 0) is 52.7 Å². The van der Waals surface area contributed by atoms with Gasteiger partial charge in [0.15, 0.2) is 0 Å². The van der Waals surface area contributed by atoms with E-state index < -0.39 is 0 Å². The van der Waals surface area contributed by atoms with E-state index in [0.717, 1.165) is 21.6 Å². The first-order valence-corrected chi connectivity index (χ1v) is 7.91. The number of methoxy groups -OCH3 is 1. The Morgan fingerprint density at radius 1 is 1.05 bits per heavy atom. The van der Waals surface area contributed by atoms with Crippen LogP contribution < -0.4 is 4.74 Å². The van der Waals surface area contributed by atoms with Crippen LogP contribution in [0.1, 0.15) is 18.5 Å². The minimum Gasteiger partial charge on any atom is -0.497 e. The summed E-state index contributed by atoms with van der Waals surface area (Å²) in [6.07, 6.45) is 1.88. The number of benzene rings is 2. The highest BCUT2D eigenvalue weighted by Gasteiger charge is 2.16. The van der Waals surface area contributed by atoms with Crippen molar-refractivity contribution in [3.8, 4) is 17.0 Å². The van der Waals surface area contributed by atoms with Gasteiger partial charge in [-0.15, -0.1) is 0 Å². The fraction of sp³-hybridized carbons (Fsp3) is 0.167. The molecule has 0 radical (unpaired) electrons. The van der Waals surface area contributed by atoms with E-state index in [0.29, 0.717) is 0 Å². The Balaban J connectivity index is 2.03. The van der Waals surface area contributed by atoms with Crippen molar-refractivity contribution < 1.29 is 4.74 Å². The molecule has 3 aromatic rings. The van der Waals surface area contributed by atoms with Crippen molar-refractivity contribution in [2.45, 2.75) is 13.0 Å². The van der Waals surface area contributed by atoms with Crippen LogP contribution in [0.4, 0.5) is 0 Å². The maximum atomic E-state index is 5.23. The van der Waals surface area contributed by atoms with Crippen LogP contribution in [0.2, 0.25) is 0 Å². The van der Waals surface area contributed by atoms with Gasteiger partial charge in [0.05, 0.1) is 25.2 Å². The molecule has 0 saturated heterocycles. The lowest BCUT2D eigenvalue weighted by molar-refractivity contribution is 0.415. The highest BCUT2D eigenvalue weighted by molar-refractivity contribution is 9.10. The van der Waals surface area contributed by atoms with Gasteiger partial charge in [-0.2, -0.15) is 0 Å². The van der Waals surface area contributed by atoms with E-state index in [2.05, 4.69) is 68.8 Å². The zero-order valence-corrected chi connectivity index (χ0v) is 14.1. The monoisotopic (exact) mass is 356 g/mol. The van der Waals surface area contributed by atoms with Crippen LogP contribution in [0, 0.1) is 0 Å². The number of aromatic nitrogens is 2. The van der Waals surface area contributed by atoms with Gasteiger partial charge in [-0.1, -0.05) is 30.3 Å². The van der Waals surface area contributed by atoms with Crippen LogP contribution >= 0.6 is 15.9 Å². The third kappa shape index (κ3) is 2.79. The Morgan fingerprint density at radius 3 is 2.36 bits per heavy atom. The number of ether oxygens (including phenoxy) is 1. The fourth-order valence-corrected chi connectivity index (χ4v) is 3.07. The number of nitrogens with zero attached hydrogens (tertiary/aromatic N) is 2. The normalized spacial score (nSPS) is 12.1. The molecule has 1 atom stereocenters. The molecule has 0 aliphatic heterocycles. The minimum atomic E-state index is 0.206. The van der Waals surface area contributed by atoms with Crippen molar-refractivity contribution in [1.29, 1.82) is 0 Å². The standard InChI is InChI=1S/C18H17BrN2O/c1-13(14-6-4-3-5-7-14)21-12-20-18(19)17(21)15-8-10-16(22-2)11-9-15/h3-13H,1-2H3/t13-/m0/s1.